The molecule has 5 heteroatoms. The highest BCUT2D eigenvalue weighted by Gasteiger charge is 2.29. The van der Waals surface area contributed by atoms with Crippen LogP contribution in [0, 0.1) is 12.7 Å². The van der Waals surface area contributed by atoms with Crippen molar-refractivity contribution < 1.29 is 9.13 Å². The lowest BCUT2D eigenvalue weighted by Crippen LogP contribution is -2.43. The summed E-state index contributed by atoms with van der Waals surface area (Å²) in [5.41, 5.74) is 1.63. The van der Waals surface area contributed by atoms with Crippen molar-refractivity contribution in [3.8, 4) is 0 Å². The van der Waals surface area contributed by atoms with Gasteiger partial charge >= 0.3 is 0 Å². The lowest BCUT2D eigenvalue weighted by Gasteiger charge is -2.29. The van der Waals surface area contributed by atoms with Gasteiger partial charge in [0.2, 0.25) is 0 Å². The van der Waals surface area contributed by atoms with Gasteiger partial charge in [-0.05, 0) is 38.0 Å². The van der Waals surface area contributed by atoms with E-state index in [0.29, 0.717) is 13.0 Å². The van der Waals surface area contributed by atoms with Crippen molar-refractivity contribution in [3.63, 3.8) is 0 Å². The summed E-state index contributed by atoms with van der Waals surface area (Å²) in [4.78, 5) is 4.60. The second-order valence-electron chi connectivity index (χ2n) is 5.35. The molecule has 2 aromatic rings. The summed E-state index contributed by atoms with van der Waals surface area (Å²) < 4.78 is 18.5. The molecule has 0 saturated heterocycles. The number of benzene rings is 1. The van der Waals surface area contributed by atoms with Gasteiger partial charge in [0.1, 0.15) is 10.8 Å². The highest BCUT2D eigenvalue weighted by atomic mass is 32.1. The summed E-state index contributed by atoms with van der Waals surface area (Å²) in [7, 11) is 1.68. The van der Waals surface area contributed by atoms with Crippen LogP contribution in [-0.4, -0.2) is 25.2 Å². The van der Waals surface area contributed by atoms with Crippen LogP contribution in [0.15, 0.2) is 29.6 Å². The van der Waals surface area contributed by atoms with Crippen molar-refractivity contribution >= 4 is 11.3 Å². The van der Waals surface area contributed by atoms with Crippen molar-refractivity contribution in [1.29, 1.82) is 0 Å². The predicted octanol–water partition coefficient (Wildman–Crippen LogP) is 3.28. The molecule has 0 amide bonds. The summed E-state index contributed by atoms with van der Waals surface area (Å²) in [5.74, 6) is -0.206. The fraction of sp³-hybridized carbons (Fsp3) is 0.438. The Balaban J connectivity index is 2.22. The number of aryl methyl sites for hydroxylation is 1. The van der Waals surface area contributed by atoms with E-state index in [0.717, 1.165) is 22.8 Å². The molecule has 0 spiro atoms. The molecule has 0 radical (unpaired) electrons. The second kappa shape index (κ2) is 7.11. The minimum atomic E-state index is -0.328. The maximum Gasteiger partial charge on any atom is 0.123 e. The van der Waals surface area contributed by atoms with Crippen molar-refractivity contribution in [2.45, 2.75) is 25.8 Å². The molecular weight excluding hydrogens is 287 g/mol. The Bertz CT molecular complexity index is 587. The summed E-state index contributed by atoms with van der Waals surface area (Å²) in [6.07, 6.45) is 0.682. The zero-order valence-electron chi connectivity index (χ0n) is 12.6. The van der Waals surface area contributed by atoms with Crippen LogP contribution in [0.25, 0.3) is 0 Å². The highest BCUT2D eigenvalue weighted by Crippen LogP contribution is 2.28. The molecule has 2 rings (SSSR count). The van der Waals surface area contributed by atoms with Crippen LogP contribution in [0.4, 0.5) is 4.39 Å². The number of methoxy groups -OCH3 is 1. The van der Waals surface area contributed by atoms with Gasteiger partial charge in [0, 0.05) is 24.7 Å². The molecule has 1 aromatic carbocycles. The van der Waals surface area contributed by atoms with E-state index < -0.39 is 0 Å². The minimum Gasteiger partial charge on any atom is -0.383 e. The molecule has 0 saturated carbocycles. The van der Waals surface area contributed by atoms with Gasteiger partial charge in [0.05, 0.1) is 12.1 Å². The average Bonchev–Trinajstić information content (AvgIpc) is 2.86. The SMILES string of the molecule is COCCNC(C)(Cc1cccc(F)c1)c1nc(C)cs1. The van der Waals surface area contributed by atoms with Crippen LogP contribution in [0.5, 0.6) is 0 Å². The lowest BCUT2D eigenvalue weighted by atomic mass is 9.93. The lowest BCUT2D eigenvalue weighted by molar-refractivity contribution is 0.185. The largest absolute Gasteiger partial charge is 0.383 e. The summed E-state index contributed by atoms with van der Waals surface area (Å²) in [6.45, 7) is 5.44. The first-order chi connectivity index (χ1) is 10.0. The van der Waals surface area contributed by atoms with E-state index in [9.17, 15) is 4.39 Å². The first-order valence-corrected chi connectivity index (χ1v) is 7.82. The topological polar surface area (TPSA) is 34.1 Å². The average molecular weight is 308 g/mol. The van der Waals surface area contributed by atoms with E-state index in [2.05, 4.69) is 17.2 Å². The normalized spacial score (nSPS) is 14.1. The Kier molecular flexibility index (Phi) is 5.45. The number of nitrogens with one attached hydrogen (secondary N) is 1. The summed E-state index contributed by atoms with van der Waals surface area (Å²) in [6, 6.07) is 6.73. The number of rotatable bonds is 7. The third-order valence-corrected chi connectivity index (χ3v) is 4.58. The smallest absolute Gasteiger partial charge is 0.123 e. The number of hydrogen-bond donors (Lipinski definition) is 1. The number of ether oxygens (including phenoxy) is 1. The molecule has 0 fully saturated rings. The summed E-state index contributed by atoms with van der Waals surface area (Å²) >= 11 is 1.63. The first kappa shape index (κ1) is 16.1. The van der Waals surface area contributed by atoms with Gasteiger partial charge in [-0.1, -0.05) is 12.1 Å². The second-order valence-corrected chi connectivity index (χ2v) is 6.21. The molecule has 21 heavy (non-hydrogen) atoms. The van der Waals surface area contributed by atoms with Crippen molar-refractivity contribution in [3.05, 3.63) is 51.7 Å². The van der Waals surface area contributed by atoms with Crippen LogP contribution < -0.4 is 5.32 Å². The highest BCUT2D eigenvalue weighted by molar-refractivity contribution is 7.09. The summed E-state index contributed by atoms with van der Waals surface area (Å²) in [5, 5.41) is 6.55. The Labute approximate surface area is 129 Å². The van der Waals surface area contributed by atoms with Crippen LogP contribution >= 0.6 is 11.3 Å². The van der Waals surface area contributed by atoms with E-state index >= 15 is 0 Å². The number of thiazole rings is 1. The monoisotopic (exact) mass is 308 g/mol. The fourth-order valence-electron chi connectivity index (χ4n) is 2.31. The maximum atomic E-state index is 13.4. The Morgan fingerprint density at radius 3 is 2.86 bits per heavy atom. The molecule has 1 heterocycles. The van der Waals surface area contributed by atoms with Gasteiger partial charge in [0.25, 0.3) is 0 Å². The third kappa shape index (κ3) is 4.33. The van der Waals surface area contributed by atoms with E-state index in [1.165, 1.54) is 6.07 Å². The van der Waals surface area contributed by atoms with Gasteiger partial charge in [-0.15, -0.1) is 11.3 Å². The molecule has 114 valence electrons. The Morgan fingerprint density at radius 2 is 2.24 bits per heavy atom. The number of halogens is 1. The van der Waals surface area contributed by atoms with Crippen LogP contribution in [0.1, 0.15) is 23.2 Å². The predicted molar refractivity (Wildman–Crippen MR) is 84.2 cm³/mol. The van der Waals surface area contributed by atoms with Gasteiger partial charge < -0.3 is 10.1 Å². The van der Waals surface area contributed by atoms with E-state index in [1.807, 2.05) is 18.4 Å². The minimum absolute atomic E-state index is 0.206. The Hall–Kier alpha value is -1.30. The van der Waals surface area contributed by atoms with Gasteiger partial charge in [-0.2, -0.15) is 0 Å². The molecule has 1 N–H and O–H groups in total. The van der Waals surface area contributed by atoms with E-state index in [1.54, 1.807) is 30.6 Å². The molecule has 0 aliphatic rings. The van der Waals surface area contributed by atoms with Crippen molar-refractivity contribution in [2.75, 3.05) is 20.3 Å². The van der Waals surface area contributed by atoms with E-state index in [-0.39, 0.29) is 11.4 Å². The maximum absolute atomic E-state index is 13.4. The standard InChI is InChI=1S/C16H21FN2OS/c1-12-11-21-15(19-12)16(2,18-7-8-20-3)10-13-5-4-6-14(17)9-13/h4-6,9,11,18H,7-8,10H2,1-3H3. The number of nitrogens with zero attached hydrogens (tertiary/aromatic N) is 1. The molecule has 1 atom stereocenters. The zero-order valence-corrected chi connectivity index (χ0v) is 13.5. The van der Waals surface area contributed by atoms with Gasteiger partial charge in [-0.3, -0.25) is 0 Å². The van der Waals surface area contributed by atoms with Gasteiger partial charge in [-0.25, -0.2) is 9.37 Å². The van der Waals surface area contributed by atoms with Crippen molar-refractivity contribution in [1.82, 2.24) is 10.3 Å². The van der Waals surface area contributed by atoms with Crippen LogP contribution in [0.2, 0.25) is 0 Å². The third-order valence-electron chi connectivity index (χ3n) is 3.36. The quantitative estimate of drug-likeness (QED) is 0.797. The molecule has 1 aromatic heterocycles. The van der Waals surface area contributed by atoms with Crippen LogP contribution in [0.3, 0.4) is 0 Å². The molecule has 3 nitrogen and oxygen atoms in total. The Morgan fingerprint density at radius 1 is 1.43 bits per heavy atom. The van der Waals surface area contributed by atoms with Crippen molar-refractivity contribution in [2.24, 2.45) is 0 Å². The molecule has 1 unspecified atom stereocenters. The number of hydrogen-bond acceptors (Lipinski definition) is 4. The number of aromatic nitrogens is 1. The van der Waals surface area contributed by atoms with E-state index in [4.69, 9.17) is 4.74 Å². The molecule has 0 aliphatic heterocycles. The fourth-order valence-corrected chi connectivity index (χ4v) is 3.24. The zero-order chi connectivity index (χ0) is 15.3. The molecule has 0 aliphatic carbocycles. The van der Waals surface area contributed by atoms with Crippen LogP contribution in [-0.2, 0) is 16.7 Å². The molecule has 0 bridgehead atoms. The first-order valence-electron chi connectivity index (χ1n) is 6.94. The molecular formula is C16H21FN2OS. The van der Waals surface area contributed by atoms with Gasteiger partial charge in [0.15, 0.2) is 0 Å².